The lowest BCUT2D eigenvalue weighted by Gasteiger charge is -2.14. The lowest BCUT2D eigenvalue weighted by molar-refractivity contribution is -0.152. The van der Waals surface area contributed by atoms with Gasteiger partial charge in [-0.05, 0) is 56.2 Å². The number of hydrogen-bond acceptors (Lipinski definition) is 5. The van der Waals surface area contributed by atoms with Crippen molar-refractivity contribution in [3.63, 3.8) is 0 Å². The minimum Gasteiger partial charge on any atom is -0.453 e. The minimum absolute atomic E-state index is 0.212. The summed E-state index contributed by atoms with van der Waals surface area (Å²) < 4.78 is 5.19. The molecule has 27 heavy (non-hydrogen) atoms. The van der Waals surface area contributed by atoms with Gasteiger partial charge < -0.3 is 10.1 Å². The maximum absolute atomic E-state index is 12.2. The van der Waals surface area contributed by atoms with Crippen LogP contribution in [0.2, 0.25) is 0 Å². The van der Waals surface area contributed by atoms with E-state index >= 15 is 0 Å². The molecule has 1 unspecified atom stereocenters. The fraction of sp³-hybridized carbons (Fsp3) is 0.286. The SMILES string of the molecule is Cc1ccc(SCCC(=O)OC(C)C(=O)Nc2ccccc2C#N)cc1C. The number of aryl methyl sites for hydroxylation is 2. The van der Waals surface area contributed by atoms with Crippen LogP contribution >= 0.6 is 11.8 Å². The average molecular weight is 382 g/mol. The molecule has 2 rings (SSSR count). The normalized spacial score (nSPS) is 11.3. The third-order valence-corrected chi connectivity index (χ3v) is 5.03. The van der Waals surface area contributed by atoms with Gasteiger partial charge in [-0.2, -0.15) is 5.26 Å². The first-order valence-electron chi connectivity index (χ1n) is 8.60. The van der Waals surface area contributed by atoms with E-state index in [0.717, 1.165) is 4.90 Å². The summed E-state index contributed by atoms with van der Waals surface area (Å²) in [6, 6.07) is 14.9. The number of rotatable bonds is 7. The summed E-state index contributed by atoms with van der Waals surface area (Å²) in [7, 11) is 0. The Bertz CT molecular complexity index is 874. The van der Waals surface area contributed by atoms with E-state index in [0.29, 0.717) is 17.0 Å². The number of amides is 1. The van der Waals surface area contributed by atoms with Crippen molar-refractivity contribution in [1.29, 1.82) is 5.26 Å². The predicted octanol–water partition coefficient (Wildman–Crippen LogP) is 4.23. The molecule has 1 atom stereocenters. The van der Waals surface area contributed by atoms with Crippen molar-refractivity contribution in [3.8, 4) is 6.07 Å². The first-order valence-corrected chi connectivity index (χ1v) is 9.59. The summed E-state index contributed by atoms with van der Waals surface area (Å²) in [5, 5.41) is 11.7. The zero-order valence-corrected chi connectivity index (χ0v) is 16.4. The van der Waals surface area contributed by atoms with Crippen LogP contribution in [-0.4, -0.2) is 23.7 Å². The topological polar surface area (TPSA) is 79.2 Å². The fourth-order valence-electron chi connectivity index (χ4n) is 2.29. The van der Waals surface area contributed by atoms with Gasteiger partial charge in [0.15, 0.2) is 6.10 Å². The second-order valence-corrected chi connectivity index (χ2v) is 7.29. The first kappa shape index (κ1) is 20.5. The third-order valence-electron chi connectivity index (χ3n) is 4.04. The molecule has 140 valence electrons. The van der Waals surface area contributed by atoms with E-state index in [1.165, 1.54) is 18.1 Å². The van der Waals surface area contributed by atoms with Gasteiger partial charge in [0.05, 0.1) is 17.7 Å². The number of nitriles is 1. The van der Waals surface area contributed by atoms with Crippen molar-refractivity contribution < 1.29 is 14.3 Å². The molecule has 2 aromatic rings. The number of nitrogens with zero attached hydrogens (tertiary/aromatic N) is 1. The van der Waals surface area contributed by atoms with Crippen LogP contribution in [0.4, 0.5) is 5.69 Å². The van der Waals surface area contributed by atoms with Crippen molar-refractivity contribution in [2.24, 2.45) is 0 Å². The van der Waals surface area contributed by atoms with E-state index in [1.54, 1.807) is 36.0 Å². The molecule has 0 radical (unpaired) electrons. The zero-order chi connectivity index (χ0) is 19.8. The van der Waals surface area contributed by atoms with Crippen molar-refractivity contribution in [2.75, 3.05) is 11.1 Å². The van der Waals surface area contributed by atoms with Gasteiger partial charge in [-0.25, -0.2) is 0 Å². The molecule has 0 aliphatic heterocycles. The summed E-state index contributed by atoms with van der Waals surface area (Å²) in [5.74, 6) is -0.317. The predicted molar refractivity (Wildman–Crippen MR) is 107 cm³/mol. The summed E-state index contributed by atoms with van der Waals surface area (Å²) in [4.78, 5) is 25.3. The second-order valence-electron chi connectivity index (χ2n) is 6.12. The number of thioether (sulfide) groups is 1. The number of esters is 1. The Hall–Kier alpha value is -2.78. The van der Waals surface area contributed by atoms with E-state index < -0.39 is 18.0 Å². The molecule has 0 saturated heterocycles. The molecule has 0 fully saturated rings. The molecule has 0 aromatic heterocycles. The van der Waals surface area contributed by atoms with Crippen LogP contribution in [0.15, 0.2) is 47.4 Å². The molecule has 0 bridgehead atoms. The van der Waals surface area contributed by atoms with Gasteiger partial charge in [0.2, 0.25) is 0 Å². The molecule has 0 aliphatic rings. The lowest BCUT2D eigenvalue weighted by atomic mass is 10.1. The largest absolute Gasteiger partial charge is 0.453 e. The average Bonchev–Trinajstić information content (AvgIpc) is 2.65. The molecular formula is C21H22N2O3S. The minimum atomic E-state index is -0.934. The maximum atomic E-state index is 12.2. The Labute approximate surface area is 163 Å². The summed E-state index contributed by atoms with van der Waals surface area (Å²) >= 11 is 1.58. The number of hydrogen-bond donors (Lipinski definition) is 1. The molecule has 0 saturated carbocycles. The van der Waals surface area contributed by atoms with E-state index in [4.69, 9.17) is 10.00 Å². The quantitative estimate of drug-likeness (QED) is 0.573. The smallest absolute Gasteiger partial charge is 0.307 e. The zero-order valence-electron chi connectivity index (χ0n) is 15.6. The maximum Gasteiger partial charge on any atom is 0.307 e. The summed E-state index contributed by atoms with van der Waals surface area (Å²) in [6.07, 6.45) is -0.722. The van der Waals surface area contributed by atoms with E-state index in [2.05, 4.69) is 31.3 Å². The van der Waals surface area contributed by atoms with E-state index in [1.807, 2.05) is 12.1 Å². The third kappa shape index (κ3) is 6.15. The summed E-state index contributed by atoms with van der Waals surface area (Å²) in [6.45, 7) is 5.62. The molecule has 0 spiro atoms. The fourth-order valence-corrected chi connectivity index (χ4v) is 3.22. The van der Waals surface area contributed by atoms with E-state index in [9.17, 15) is 9.59 Å². The highest BCUT2D eigenvalue weighted by atomic mass is 32.2. The number of ether oxygens (including phenoxy) is 1. The Balaban J connectivity index is 1.79. The number of carbonyl (C=O) groups excluding carboxylic acids is 2. The van der Waals surface area contributed by atoms with Crippen LogP contribution in [-0.2, 0) is 14.3 Å². The number of benzene rings is 2. The molecule has 5 nitrogen and oxygen atoms in total. The van der Waals surface area contributed by atoms with Gasteiger partial charge in [-0.1, -0.05) is 18.2 Å². The van der Waals surface area contributed by atoms with Gasteiger partial charge in [0.1, 0.15) is 6.07 Å². The molecule has 1 amide bonds. The highest BCUT2D eigenvalue weighted by Crippen LogP contribution is 2.22. The van der Waals surface area contributed by atoms with Crippen LogP contribution in [0.5, 0.6) is 0 Å². The Morgan fingerprint density at radius 2 is 1.93 bits per heavy atom. The van der Waals surface area contributed by atoms with Gasteiger partial charge in [0, 0.05) is 10.6 Å². The lowest BCUT2D eigenvalue weighted by Crippen LogP contribution is -2.30. The molecule has 0 aliphatic carbocycles. The van der Waals surface area contributed by atoms with Gasteiger partial charge >= 0.3 is 5.97 Å². The number of para-hydroxylation sites is 1. The standard InChI is InChI=1S/C21H22N2O3S/c1-14-8-9-18(12-15(14)2)27-11-10-20(24)26-16(3)21(25)23-19-7-5-4-6-17(19)13-22/h4-9,12,16H,10-11H2,1-3H3,(H,23,25). The number of nitrogens with one attached hydrogen (secondary N) is 1. The van der Waals surface area contributed by atoms with Crippen molar-refractivity contribution >= 4 is 29.3 Å². The molecular weight excluding hydrogens is 360 g/mol. The summed E-state index contributed by atoms with van der Waals surface area (Å²) in [5.41, 5.74) is 3.20. The first-order chi connectivity index (χ1) is 12.9. The molecule has 0 heterocycles. The van der Waals surface area contributed by atoms with E-state index in [-0.39, 0.29) is 6.42 Å². The molecule has 6 heteroatoms. The highest BCUT2D eigenvalue weighted by Gasteiger charge is 2.18. The van der Waals surface area contributed by atoms with Crippen LogP contribution in [0.1, 0.15) is 30.0 Å². The van der Waals surface area contributed by atoms with Gasteiger partial charge in [-0.3, -0.25) is 9.59 Å². The highest BCUT2D eigenvalue weighted by molar-refractivity contribution is 7.99. The molecule has 2 aromatic carbocycles. The number of carbonyl (C=O) groups is 2. The Morgan fingerprint density at radius 1 is 1.19 bits per heavy atom. The Kier molecular flexibility index (Phi) is 7.44. The van der Waals surface area contributed by atoms with Crippen molar-refractivity contribution in [3.05, 3.63) is 59.2 Å². The van der Waals surface area contributed by atoms with Crippen LogP contribution < -0.4 is 5.32 Å². The van der Waals surface area contributed by atoms with Gasteiger partial charge in [0.25, 0.3) is 5.91 Å². The monoisotopic (exact) mass is 382 g/mol. The van der Waals surface area contributed by atoms with Crippen LogP contribution in [0.3, 0.4) is 0 Å². The van der Waals surface area contributed by atoms with Crippen LogP contribution in [0, 0.1) is 25.2 Å². The van der Waals surface area contributed by atoms with Gasteiger partial charge in [-0.15, -0.1) is 11.8 Å². The van der Waals surface area contributed by atoms with Crippen LogP contribution in [0.25, 0.3) is 0 Å². The second kappa shape index (κ2) is 9.79. The van der Waals surface area contributed by atoms with Crippen molar-refractivity contribution in [1.82, 2.24) is 0 Å². The number of anilines is 1. The molecule has 1 N–H and O–H groups in total. The Morgan fingerprint density at radius 3 is 2.63 bits per heavy atom. The van der Waals surface area contributed by atoms with Crippen molar-refractivity contribution in [2.45, 2.75) is 38.2 Å².